The third-order valence-electron chi connectivity index (χ3n) is 5.28. The minimum absolute atomic E-state index is 0.0764. The van der Waals surface area contributed by atoms with Crippen LogP contribution in [-0.2, 0) is 21.2 Å². The minimum atomic E-state index is -3.48. The molecule has 0 spiro atoms. The summed E-state index contributed by atoms with van der Waals surface area (Å²) >= 11 is 5.96. The summed E-state index contributed by atoms with van der Waals surface area (Å²) < 4.78 is 32.0. The van der Waals surface area contributed by atoms with E-state index in [9.17, 15) is 13.2 Å². The van der Waals surface area contributed by atoms with Gasteiger partial charge in [0, 0.05) is 23.0 Å². The van der Waals surface area contributed by atoms with Crippen LogP contribution in [0.3, 0.4) is 0 Å². The van der Waals surface area contributed by atoms with Gasteiger partial charge >= 0.3 is 5.97 Å². The van der Waals surface area contributed by atoms with E-state index in [0.29, 0.717) is 17.1 Å². The molecule has 2 aromatic carbocycles. The van der Waals surface area contributed by atoms with Crippen molar-refractivity contribution in [1.82, 2.24) is 3.97 Å². The van der Waals surface area contributed by atoms with E-state index >= 15 is 0 Å². The molecule has 32 heavy (non-hydrogen) atoms. The summed E-state index contributed by atoms with van der Waals surface area (Å²) in [7, 11) is -3.48. The van der Waals surface area contributed by atoms with Crippen LogP contribution < -0.4 is 4.74 Å². The second-order valence-electron chi connectivity index (χ2n) is 7.61. The molecule has 6 nitrogen and oxygen atoms in total. The Balaban J connectivity index is 0.000000360. The first-order chi connectivity index (χ1) is 15.2. The summed E-state index contributed by atoms with van der Waals surface area (Å²) in [6.07, 6.45) is 6.69. The minimum Gasteiger partial charge on any atom is -0.493 e. The highest BCUT2D eigenvalue weighted by molar-refractivity contribution is 7.90. The normalized spacial score (nSPS) is 14.0. The highest BCUT2D eigenvalue weighted by Crippen LogP contribution is 2.26. The Morgan fingerprint density at radius 2 is 2.03 bits per heavy atom. The lowest BCUT2D eigenvalue weighted by Gasteiger charge is -2.05. The Hall–Kier alpha value is -2.77. The smallest absolute Gasteiger partial charge is 0.306 e. The predicted molar refractivity (Wildman–Crippen MR) is 128 cm³/mol. The number of carbonyl (C=O) groups is 1. The number of halogens is 1. The fourth-order valence-corrected chi connectivity index (χ4v) is 4.59. The molecule has 0 saturated heterocycles. The lowest BCUT2D eigenvalue weighted by Crippen LogP contribution is -2.14. The van der Waals surface area contributed by atoms with Crippen LogP contribution >= 0.6 is 11.6 Å². The van der Waals surface area contributed by atoms with Crippen LogP contribution in [0, 0.1) is 5.92 Å². The number of hydrogen-bond donors (Lipinski definition) is 1. The van der Waals surface area contributed by atoms with Crippen molar-refractivity contribution >= 4 is 44.6 Å². The number of benzene rings is 2. The number of rotatable bonds is 6. The lowest BCUT2D eigenvalue weighted by atomic mass is 10.1. The van der Waals surface area contributed by atoms with Gasteiger partial charge in [0.25, 0.3) is 0 Å². The highest BCUT2D eigenvalue weighted by atomic mass is 35.5. The zero-order valence-corrected chi connectivity index (χ0v) is 19.6. The molecule has 1 aromatic heterocycles. The van der Waals surface area contributed by atoms with Crippen LogP contribution in [0.4, 0.5) is 0 Å². The van der Waals surface area contributed by atoms with Crippen molar-refractivity contribution in [2.24, 2.45) is 5.92 Å². The maximum atomic E-state index is 12.6. The van der Waals surface area contributed by atoms with Crippen molar-refractivity contribution in [2.75, 3.05) is 12.4 Å². The Labute approximate surface area is 193 Å². The molecule has 1 aliphatic rings. The second kappa shape index (κ2) is 10.2. The first kappa shape index (κ1) is 23.9. The van der Waals surface area contributed by atoms with E-state index in [1.165, 1.54) is 9.54 Å². The van der Waals surface area contributed by atoms with Crippen molar-refractivity contribution in [3.63, 3.8) is 0 Å². The molecule has 1 atom stereocenters. The summed E-state index contributed by atoms with van der Waals surface area (Å²) in [5.74, 6) is -0.0442. The number of fused-ring (bicyclic) bond motifs is 2. The first-order valence-corrected chi connectivity index (χ1v) is 12.3. The summed E-state index contributed by atoms with van der Waals surface area (Å²) in [4.78, 5) is 9.93. The van der Waals surface area contributed by atoms with Crippen molar-refractivity contribution < 1.29 is 23.1 Å². The topological polar surface area (TPSA) is 85.6 Å². The molecule has 0 aliphatic carbocycles. The van der Waals surface area contributed by atoms with Crippen LogP contribution in [0.2, 0.25) is 5.02 Å². The van der Waals surface area contributed by atoms with E-state index in [-0.39, 0.29) is 11.7 Å². The van der Waals surface area contributed by atoms with Crippen LogP contribution in [0.15, 0.2) is 54.7 Å². The van der Waals surface area contributed by atoms with Gasteiger partial charge in [-0.15, -0.1) is 0 Å². The van der Waals surface area contributed by atoms with E-state index in [0.717, 1.165) is 29.5 Å². The predicted octanol–water partition coefficient (Wildman–Crippen LogP) is 5.24. The second-order valence-corrected chi connectivity index (χ2v) is 9.94. The summed E-state index contributed by atoms with van der Waals surface area (Å²) in [5.41, 5.74) is 2.77. The summed E-state index contributed by atoms with van der Waals surface area (Å²) in [6, 6.07) is 12.8. The van der Waals surface area contributed by atoms with Crippen LogP contribution in [0.1, 0.15) is 31.4 Å². The first-order valence-electron chi connectivity index (χ1n) is 10.4. The van der Waals surface area contributed by atoms with E-state index in [4.69, 9.17) is 21.4 Å². The highest BCUT2D eigenvalue weighted by Gasteiger charge is 2.15. The number of aliphatic carboxylic acids is 1. The Morgan fingerprint density at radius 1 is 1.25 bits per heavy atom. The number of carboxylic acid groups (broad SMARTS) is 1. The molecule has 3 aromatic rings. The average Bonchev–Trinajstić information content (AvgIpc) is 3.39. The molecule has 1 unspecified atom stereocenters. The molecule has 4 rings (SSSR count). The molecule has 8 heteroatoms. The van der Waals surface area contributed by atoms with Gasteiger partial charge in [-0.3, -0.25) is 4.79 Å². The van der Waals surface area contributed by atoms with Gasteiger partial charge in [0.05, 0.1) is 23.8 Å². The molecule has 0 bridgehead atoms. The van der Waals surface area contributed by atoms with E-state index in [2.05, 4.69) is 0 Å². The molecule has 0 radical (unpaired) electrons. The molecule has 1 N–H and O–H groups in total. The lowest BCUT2D eigenvalue weighted by molar-refractivity contribution is -0.141. The fraction of sp³-hybridized carbons (Fsp3) is 0.292. The van der Waals surface area contributed by atoms with E-state index < -0.39 is 16.0 Å². The van der Waals surface area contributed by atoms with Gasteiger partial charge in [0.2, 0.25) is 10.0 Å². The number of aromatic nitrogens is 1. The quantitative estimate of drug-likeness (QED) is 0.527. The number of carboxylic acids is 1. The Morgan fingerprint density at radius 3 is 2.72 bits per heavy atom. The fourth-order valence-electron chi connectivity index (χ4n) is 3.20. The standard InChI is InChI=1S/C19H16ClNO3S.C5H10O2/c20-17-4-5-18-15(13-17)7-9-21(18)25(22,23)11-1-2-14-3-6-19-16(12-14)8-10-24-19;1-3-4(2)5(6)7/h1-7,9,12-13H,8,10-11H2;4H,3H2,1-2H3,(H,6,7). The monoisotopic (exact) mass is 475 g/mol. The SMILES string of the molecule is CCC(C)C(=O)O.O=S(=O)(CC=Cc1ccc2c(c1)CCO2)n1ccc2cc(Cl)ccc21. The maximum Gasteiger partial charge on any atom is 0.306 e. The number of nitrogens with zero attached hydrogens (tertiary/aromatic N) is 1. The third-order valence-corrected chi connectivity index (χ3v) is 7.05. The molecular formula is C24H26ClNO5S. The van der Waals surface area contributed by atoms with Gasteiger partial charge in [-0.25, -0.2) is 12.4 Å². The van der Waals surface area contributed by atoms with Gasteiger partial charge in [-0.05, 0) is 53.9 Å². The van der Waals surface area contributed by atoms with Gasteiger partial charge in [-0.1, -0.05) is 43.7 Å². The Kier molecular flexibility index (Phi) is 7.64. The van der Waals surface area contributed by atoms with Gasteiger partial charge < -0.3 is 9.84 Å². The molecule has 170 valence electrons. The van der Waals surface area contributed by atoms with Crippen LogP contribution in [0.25, 0.3) is 17.0 Å². The van der Waals surface area contributed by atoms with Crippen molar-refractivity contribution in [1.29, 1.82) is 0 Å². The maximum absolute atomic E-state index is 12.6. The zero-order chi connectivity index (χ0) is 23.3. The van der Waals surface area contributed by atoms with Gasteiger partial charge in [-0.2, -0.15) is 0 Å². The van der Waals surface area contributed by atoms with Crippen molar-refractivity contribution in [2.45, 2.75) is 26.7 Å². The van der Waals surface area contributed by atoms with Gasteiger partial charge in [0.15, 0.2) is 0 Å². The number of ether oxygens (including phenoxy) is 1. The molecule has 0 fully saturated rings. The molecule has 1 aliphatic heterocycles. The van der Waals surface area contributed by atoms with Crippen molar-refractivity contribution in [3.8, 4) is 5.75 Å². The molecule has 2 heterocycles. The van der Waals surface area contributed by atoms with Crippen molar-refractivity contribution in [3.05, 3.63) is 70.9 Å². The van der Waals surface area contributed by atoms with E-state index in [1.807, 2.05) is 31.2 Å². The molecular weight excluding hydrogens is 450 g/mol. The Bertz CT molecular complexity index is 1250. The summed E-state index contributed by atoms with van der Waals surface area (Å²) in [6.45, 7) is 4.27. The zero-order valence-electron chi connectivity index (χ0n) is 18.0. The average molecular weight is 476 g/mol. The summed E-state index contributed by atoms with van der Waals surface area (Å²) in [5, 5.41) is 9.57. The molecule has 0 amide bonds. The van der Waals surface area contributed by atoms with Gasteiger partial charge in [0.1, 0.15) is 5.75 Å². The van der Waals surface area contributed by atoms with Crippen LogP contribution in [0.5, 0.6) is 5.75 Å². The third kappa shape index (κ3) is 5.72. The molecule has 0 saturated carbocycles. The van der Waals surface area contributed by atoms with Crippen LogP contribution in [-0.4, -0.2) is 35.8 Å². The number of hydrogen-bond acceptors (Lipinski definition) is 4. The van der Waals surface area contributed by atoms with E-state index in [1.54, 1.807) is 43.5 Å². The largest absolute Gasteiger partial charge is 0.493 e.